The Morgan fingerprint density at radius 3 is 1.67 bits per heavy atom. The van der Waals surface area contributed by atoms with Gasteiger partial charge in [0.1, 0.15) is 62.9 Å². The van der Waals surface area contributed by atoms with E-state index in [9.17, 15) is 38.4 Å². The predicted molar refractivity (Wildman–Crippen MR) is 289 cm³/mol. The Bertz CT molecular complexity index is 2120. The van der Waals surface area contributed by atoms with Crippen molar-refractivity contribution in [2.24, 2.45) is 0 Å². The molecule has 0 bridgehead atoms. The first-order valence-corrected chi connectivity index (χ1v) is 23.1. The molecular weight excluding hydrogens is 994 g/mol. The van der Waals surface area contributed by atoms with Crippen LogP contribution >= 0.6 is 8.58 Å². The third kappa shape index (κ3) is 40.1. The fourth-order valence-corrected chi connectivity index (χ4v) is 5.84. The average Bonchev–Trinajstić information content (AvgIpc) is 3.43. The molecule has 1 amide bonds. The molecule has 0 spiro atoms. The van der Waals surface area contributed by atoms with Crippen molar-refractivity contribution in [2.75, 3.05) is 47.8 Å². The van der Waals surface area contributed by atoms with Gasteiger partial charge in [-0.05, 0) is 99.9 Å². The molecule has 3 rings (SSSR count). The molecule has 0 saturated heterocycles. The number of ether oxygens (including phenoxy) is 7. The maximum absolute atomic E-state index is 13.0. The van der Waals surface area contributed by atoms with Gasteiger partial charge in [0.2, 0.25) is 5.91 Å². The number of aldehydes is 3. The first kappa shape index (κ1) is 75.8. The number of nitrogens with one attached hydrogen (secondary N) is 1. The fraction of sp³-hybridized carbons (Fsp3) is 0.291. The van der Waals surface area contributed by atoms with E-state index in [1.165, 1.54) is 27.2 Å². The molecule has 0 radical (unpaired) electrons. The smallest absolute Gasteiger partial charge is 0.343 e. The summed E-state index contributed by atoms with van der Waals surface area (Å²) >= 11 is 0. The molecule has 2 aromatic rings. The molecule has 19 nitrogen and oxygen atoms in total. The van der Waals surface area contributed by atoms with Gasteiger partial charge >= 0.3 is 23.9 Å². The topological polar surface area (TPSA) is 264 Å². The van der Waals surface area contributed by atoms with Crippen molar-refractivity contribution in [1.29, 1.82) is 0 Å². The molecule has 20 heteroatoms. The molecule has 0 saturated carbocycles. The first-order chi connectivity index (χ1) is 36.1. The number of methoxy groups -OCH3 is 3. The first-order valence-electron chi connectivity index (χ1n) is 22.1. The number of carbonyl (C=O) groups is 11. The van der Waals surface area contributed by atoms with Gasteiger partial charge in [-0.25, -0.2) is 14.4 Å². The number of carbonyl (C=O) groups excluding carboxylic acids is 11. The Morgan fingerprint density at radius 2 is 1.20 bits per heavy atom. The lowest BCUT2D eigenvalue weighted by atomic mass is 9.90. The highest BCUT2D eigenvalue weighted by Gasteiger charge is 2.33. The Morgan fingerprint density at radius 1 is 0.707 bits per heavy atom. The predicted octanol–water partition coefficient (Wildman–Crippen LogP) is 7.21. The van der Waals surface area contributed by atoms with Crippen LogP contribution in [0.25, 0.3) is 0 Å². The largest absolute Gasteiger partial charge is 0.497 e. The molecule has 1 aliphatic rings. The van der Waals surface area contributed by atoms with Crippen molar-refractivity contribution in [3.8, 4) is 5.75 Å². The molecule has 1 N–H and O–H groups in total. The number of allylic oxidation sites excluding steroid dienone is 6. The van der Waals surface area contributed by atoms with Gasteiger partial charge in [0, 0.05) is 46.5 Å². The number of amides is 1. The number of hydrogen-bond acceptors (Lipinski definition) is 18. The van der Waals surface area contributed by atoms with E-state index in [0.717, 1.165) is 11.4 Å². The zero-order valence-electron chi connectivity index (χ0n) is 43.6. The molecular formula is C55H72NO18P. The molecule has 410 valence electrons. The van der Waals surface area contributed by atoms with E-state index in [4.69, 9.17) is 28.6 Å². The van der Waals surface area contributed by atoms with Crippen LogP contribution in [0.2, 0.25) is 0 Å². The average molecular weight is 1070 g/mol. The minimum absolute atomic E-state index is 0.0292. The highest BCUT2D eigenvalue weighted by molar-refractivity contribution is 7.65. The number of rotatable bonds is 22. The quantitative estimate of drug-likeness (QED) is 0.0232. The molecule has 2 unspecified atom stereocenters. The highest BCUT2D eigenvalue weighted by atomic mass is 31.1. The van der Waals surface area contributed by atoms with Crippen LogP contribution in [-0.2, 0) is 71.6 Å². The lowest BCUT2D eigenvalue weighted by Gasteiger charge is -2.32. The van der Waals surface area contributed by atoms with Crippen LogP contribution in [0.5, 0.6) is 5.75 Å². The van der Waals surface area contributed by atoms with Crippen molar-refractivity contribution >= 4 is 81.6 Å². The monoisotopic (exact) mass is 1070 g/mol. The summed E-state index contributed by atoms with van der Waals surface area (Å²) in [6, 6.07) is 13.0. The standard InChI is InChI=1S/C33H34NO8P.C7H12O4.C6H10O3.C3H4O.2C2H4.2CH2O/c1-22-9-14-27(41-31(38)25-12-17-28(18-13-25)43-30(37)8-6-20-35)7-5-19-33(3,34-23(2)36)29(21-22)42-32(39)24-10-15-26(40-4)16-11-24;1-10-5-6-11-7(9)3-2-4-8;1-3-6(7)9-5-4-8-2;1-2-3-4;4*1-2/h7,9-18,20-21,43H,1,5-6,8,19H2,2-4H3,(H,34,36);4H,2-3,5-6H2,1H3;3H,1,4-5H2,2H3;2-3H,1H2;2*1-2H2;2*1H2/b14-9-,27-7+,29-21+;;;;;;;. The van der Waals surface area contributed by atoms with Gasteiger partial charge in [-0.2, -0.15) is 0 Å². The van der Waals surface area contributed by atoms with E-state index >= 15 is 0 Å². The van der Waals surface area contributed by atoms with E-state index in [0.29, 0.717) is 74.0 Å². The summed E-state index contributed by atoms with van der Waals surface area (Å²) in [4.78, 5) is 116. The van der Waals surface area contributed by atoms with Gasteiger partial charge < -0.3 is 57.7 Å². The summed E-state index contributed by atoms with van der Waals surface area (Å²) in [6.45, 7) is 30.8. The minimum atomic E-state index is -1.09. The molecule has 0 aromatic heterocycles. The van der Waals surface area contributed by atoms with Crippen molar-refractivity contribution in [3.05, 3.63) is 159 Å². The SMILES string of the molecule is C=C.C=C.C=C1/C=C\C(OC(=O)c2ccc(PC(=O)CCC=O)cc2)=C/CCC(C)(NC(C)=O)/C(OC(=O)c2ccc(OC)cc2)=C\1.C=CC(=O)OCCOC.C=CC=O.C=O.C=O.COCCOC(=O)CCC=O. The van der Waals surface area contributed by atoms with Crippen molar-refractivity contribution in [3.63, 3.8) is 0 Å². The summed E-state index contributed by atoms with van der Waals surface area (Å²) in [5.41, 5.74) is -0.0824. The maximum Gasteiger partial charge on any atom is 0.343 e. The summed E-state index contributed by atoms with van der Waals surface area (Å²) in [7, 11) is 4.50. The van der Waals surface area contributed by atoms with Crippen molar-refractivity contribution in [2.45, 2.75) is 57.9 Å². The Labute approximate surface area is 442 Å². The second-order valence-corrected chi connectivity index (χ2v) is 15.0. The van der Waals surface area contributed by atoms with Gasteiger partial charge in [-0.1, -0.05) is 37.9 Å². The molecule has 1 aliphatic carbocycles. The summed E-state index contributed by atoms with van der Waals surface area (Å²) in [6.07, 6.45) is 12.3. The summed E-state index contributed by atoms with van der Waals surface area (Å²) in [5.74, 6) is -1.21. The molecule has 0 heterocycles. The zero-order chi connectivity index (χ0) is 58.5. The van der Waals surface area contributed by atoms with E-state index in [1.807, 2.05) is 13.6 Å². The van der Waals surface area contributed by atoms with E-state index in [-0.39, 0.29) is 69.8 Å². The lowest BCUT2D eigenvalue weighted by molar-refractivity contribution is -0.145. The number of esters is 4. The Hall–Kier alpha value is -8.12. The molecule has 0 fully saturated rings. The van der Waals surface area contributed by atoms with Crippen LogP contribution in [0.4, 0.5) is 0 Å². The summed E-state index contributed by atoms with van der Waals surface area (Å²) < 4.78 is 35.1. The van der Waals surface area contributed by atoms with E-state index in [2.05, 4.69) is 70.3 Å². The second-order valence-electron chi connectivity index (χ2n) is 13.6. The third-order valence-electron chi connectivity index (χ3n) is 8.21. The molecule has 75 heavy (non-hydrogen) atoms. The minimum Gasteiger partial charge on any atom is -0.497 e. The van der Waals surface area contributed by atoms with Crippen LogP contribution in [0.1, 0.15) is 73.1 Å². The second kappa shape index (κ2) is 52.2. The van der Waals surface area contributed by atoms with Crippen LogP contribution < -0.4 is 15.4 Å². The van der Waals surface area contributed by atoms with Crippen molar-refractivity contribution < 1.29 is 85.9 Å². The highest BCUT2D eigenvalue weighted by Crippen LogP contribution is 2.29. The lowest BCUT2D eigenvalue weighted by Crippen LogP contribution is -2.47. The Kier molecular flexibility index (Phi) is 52.8. The zero-order valence-corrected chi connectivity index (χ0v) is 44.6. The number of benzene rings is 2. The molecule has 2 atom stereocenters. The van der Waals surface area contributed by atoms with E-state index < -0.39 is 23.4 Å². The van der Waals surface area contributed by atoms with Crippen molar-refractivity contribution in [1.82, 2.24) is 5.32 Å². The van der Waals surface area contributed by atoms with Gasteiger partial charge in [0.15, 0.2) is 5.52 Å². The molecule has 2 aromatic carbocycles. The van der Waals surface area contributed by atoms with Gasteiger partial charge in [-0.15, -0.1) is 26.3 Å². The van der Waals surface area contributed by atoms with Crippen LogP contribution in [-0.4, -0.2) is 121 Å². The van der Waals surface area contributed by atoms with E-state index in [1.54, 1.807) is 86.9 Å². The van der Waals surface area contributed by atoms with Gasteiger partial charge in [0.05, 0.1) is 43.4 Å². The van der Waals surface area contributed by atoms with Crippen LogP contribution in [0.15, 0.2) is 148 Å². The molecule has 0 aliphatic heterocycles. The third-order valence-corrected chi connectivity index (χ3v) is 9.36. The normalized spacial score (nSPS) is 14.4. The van der Waals surface area contributed by atoms with Gasteiger partial charge in [0.25, 0.3) is 0 Å². The fourth-order valence-electron chi connectivity index (χ4n) is 4.92. The van der Waals surface area contributed by atoms with Crippen LogP contribution in [0, 0.1) is 0 Å². The van der Waals surface area contributed by atoms with Gasteiger partial charge in [-0.3, -0.25) is 19.2 Å². The Balaban J connectivity index is -0.000000416. The maximum atomic E-state index is 13.0. The number of hydrogen-bond donors (Lipinski definition) is 1. The van der Waals surface area contributed by atoms with Crippen LogP contribution in [0.3, 0.4) is 0 Å². The summed E-state index contributed by atoms with van der Waals surface area (Å²) in [5, 5.41) is 3.64.